The van der Waals surface area contributed by atoms with Gasteiger partial charge in [0.25, 0.3) is 0 Å². The van der Waals surface area contributed by atoms with Gasteiger partial charge in [0.2, 0.25) is 5.91 Å². The number of nitrogens with zero attached hydrogens (tertiary/aromatic N) is 2. The van der Waals surface area contributed by atoms with Gasteiger partial charge in [0, 0.05) is 19.0 Å². The second-order valence-electron chi connectivity index (χ2n) is 6.06. The van der Waals surface area contributed by atoms with Gasteiger partial charge >= 0.3 is 0 Å². The van der Waals surface area contributed by atoms with Crippen molar-refractivity contribution in [2.75, 3.05) is 27.8 Å². The van der Waals surface area contributed by atoms with Crippen molar-refractivity contribution in [3.05, 3.63) is 53.7 Å². The molecule has 6 heteroatoms. The minimum Gasteiger partial charge on any atom is -0.493 e. The summed E-state index contributed by atoms with van der Waals surface area (Å²) in [6.07, 6.45) is 0.946. The molecule has 1 aromatic heterocycles. The zero-order chi connectivity index (χ0) is 18.5. The Balaban J connectivity index is 1.61. The summed E-state index contributed by atoms with van der Waals surface area (Å²) in [5.41, 5.74) is 2.45. The number of hydrogen-bond acceptors (Lipinski definition) is 5. The molecule has 0 radical (unpaired) electrons. The Kier molecular flexibility index (Phi) is 5.41. The third-order valence-electron chi connectivity index (χ3n) is 4.38. The zero-order valence-corrected chi connectivity index (χ0v) is 15.2. The summed E-state index contributed by atoms with van der Waals surface area (Å²) < 4.78 is 15.8. The van der Waals surface area contributed by atoms with Crippen molar-refractivity contribution in [1.29, 1.82) is 0 Å². The third kappa shape index (κ3) is 3.79. The predicted molar refractivity (Wildman–Crippen MR) is 98.6 cm³/mol. The van der Waals surface area contributed by atoms with Crippen LogP contribution in [0.25, 0.3) is 11.0 Å². The standard InChI is InChI=1S/C20H22N2O4/c1-22(11-10-14-8-9-18(24-2)19(12-14)25-3)20(23)13-16-15-6-4-5-7-17(15)26-21-16/h4-9,12H,10-11,13H2,1-3H3. The molecule has 0 aliphatic heterocycles. The topological polar surface area (TPSA) is 64.8 Å². The van der Waals surface area contributed by atoms with Crippen molar-refractivity contribution in [3.8, 4) is 11.5 Å². The van der Waals surface area contributed by atoms with Gasteiger partial charge in [-0.15, -0.1) is 0 Å². The van der Waals surface area contributed by atoms with Gasteiger partial charge in [-0.2, -0.15) is 0 Å². The average molecular weight is 354 g/mol. The van der Waals surface area contributed by atoms with Crippen molar-refractivity contribution >= 4 is 16.9 Å². The van der Waals surface area contributed by atoms with Gasteiger partial charge in [0.05, 0.1) is 20.6 Å². The molecule has 0 aliphatic rings. The number of amides is 1. The molecule has 0 saturated heterocycles. The number of hydrogen-bond donors (Lipinski definition) is 0. The Hall–Kier alpha value is -3.02. The highest BCUT2D eigenvalue weighted by molar-refractivity contribution is 5.86. The first kappa shape index (κ1) is 17.8. The Bertz CT molecular complexity index is 904. The highest BCUT2D eigenvalue weighted by Gasteiger charge is 2.15. The molecule has 3 rings (SSSR count). The number of para-hydroxylation sites is 1. The number of carbonyl (C=O) groups excluding carboxylic acids is 1. The number of likely N-dealkylation sites (N-methyl/N-ethyl adjacent to an activating group) is 1. The summed E-state index contributed by atoms with van der Waals surface area (Å²) in [6, 6.07) is 13.3. The summed E-state index contributed by atoms with van der Waals surface area (Å²) in [5.74, 6) is 1.39. The van der Waals surface area contributed by atoms with Crippen LogP contribution in [-0.2, 0) is 17.6 Å². The van der Waals surface area contributed by atoms with Gasteiger partial charge < -0.3 is 18.9 Å². The van der Waals surface area contributed by atoms with E-state index in [0.717, 1.165) is 17.4 Å². The van der Waals surface area contributed by atoms with Crippen LogP contribution in [0.2, 0.25) is 0 Å². The van der Waals surface area contributed by atoms with E-state index < -0.39 is 0 Å². The van der Waals surface area contributed by atoms with E-state index in [1.165, 1.54) is 0 Å². The summed E-state index contributed by atoms with van der Waals surface area (Å²) in [7, 11) is 5.02. The van der Waals surface area contributed by atoms with Crippen LogP contribution in [-0.4, -0.2) is 43.8 Å². The number of methoxy groups -OCH3 is 2. The molecule has 6 nitrogen and oxygen atoms in total. The molecule has 0 N–H and O–H groups in total. The normalized spacial score (nSPS) is 10.7. The van der Waals surface area contributed by atoms with Crippen LogP contribution in [0.3, 0.4) is 0 Å². The predicted octanol–water partition coefficient (Wildman–Crippen LogP) is 3.09. The maximum atomic E-state index is 12.5. The highest BCUT2D eigenvalue weighted by atomic mass is 16.5. The molecular formula is C20H22N2O4. The van der Waals surface area contributed by atoms with Gasteiger partial charge in [-0.05, 0) is 36.2 Å². The van der Waals surface area contributed by atoms with Crippen LogP contribution in [0.4, 0.5) is 0 Å². The van der Waals surface area contributed by atoms with Crippen LogP contribution < -0.4 is 9.47 Å². The van der Waals surface area contributed by atoms with Gasteiger partial charge in [0.15, 0.2) is 17.1 Å². The molecule has 1 heterocycles. The molecular weight excluding hydrogens is 332 g/mol. The fourth-order valence-electron chi connectivity index (χ4n) is 2.80. The number of rotatable bonds is 7. The summed E-state index contributed by atoms with van der Waals surface area (Å²) in [4.78, 5) is 14.2. The molecule has 136 valence electrons. The van der Waals surface area contributed by atoms with Gasteiger partial charge in [-0.3, -0.25) is 4.79 Å². The molecule has 0 unspecified atom stereocenters. The molecule has 0 fully saturated rings. The Morgan fingerprint density at radius 2 is 1.88 bits per heavy atom. The molecule has 0 aliphatic carbocycles. The monoisotopic (exact) mass is 354 g/mol. The molecule has 0 atom stereocenters. The van der Waals surface area contributed by atoms with E-state index in [1.807, 2.05) is 42.5 Å². The second-order valence-corrected chi connectivity index (χ2v) is 6.06. The van der Waals surface area contributed by atoms with Crippen molar-refractivity contribution in [2.24, 2.45) is 0 Å². The van der Waals surface area contributed by atoms with Crippen LogP contribution in [0.5, 0.6) is 11.5 Å². The van der Waals surface area contributed by atoms with E-state index in [2.05, 4.69) is 5.16 Å². The lowest BCUT2D eigenvalue weighted by molar-refractivity contribution is -0.129. The van der Waals surface area contributed by atoms with Crippen LogP contribution >= 0.6 is 0 Å². The van der Waals surface area contributed by atoms with E-state index in [4.69, 9.17) is 14.0 Å². The Morgan fingerprint density at radius 3 is 2.65 bits per heavy atom. The van der Waals surface area contributed by atoms with Crippen LogP contribution in [0.1, 0.15) is 11.3 Å². The first-order chi connectivity index (χ1) is 12.6. The number of carbonyl (C=O) groups is 1. The molecule has 1 amide bonds. The lowest BCUT2D eigenvalue weighted by atomic mass is 10.1. The summed E-state index contributed by atoms with van der Waals surface area (Å²) in [5, 5.41) is 4.91. The van der Waals surface area contributed by atoms with Crippen molar-refractivity contribution in [2.45, 2.75) is 12.8 Å². The van der Waals surface area contributed by atoms with Crippen molar-refractivity contribution in [3.63, 3.8) is 0 Å². The largest absolute Gasteiger partial charge is 0.493 e. The van der Waals surface area contributed by atoms with Crippen molar-refractivity contribution in [1.82, 2.24) is 10.1 Å². The lowest BCUT2D eigenvalue weighted by Gasteiger charge is -2.17. The quantitative estimate of drug-likeness (QED) is 0.652. The average Bonchev–Trinajstić information content (AvgIpc) is 3.08. The Morgan fingerprint density at radius 1 is 1.12 bits per heavy atom. The molecule has 0 bridgehead atoms. The molecule has 2 aromatic carbocycles. The van der Waals surface area contributed by atoms with Crippen molar-refractivity contribution < 1.29 is 18.8 Å². The first-order valence-electron chi connectivity index (χ1n) is 8.40. The van der Waals surface area contributed by atoms with Gasteiger partial charge in [0.1, 0.15) is 5.69 Å². The second kappa shape index (κ2) is 7.91. The highest BCUT2D eigenvalue weighted by Crippen LogP contribution is 2.27. The number of fused-ring (bicyclic) bond motifs is 1. The van der Waals surface area contributed by atoms with E-state index in [1.54, 1.807) is 26.2 Å². The van der Waals surface area contributed by atoms with Gasteiger partial charge in [-0.1, -0.05) is 23.4 Å². The van der Waals surface area contributed by atoms with E-state index in [-0.39, 0.29) is 12.3 Å². The fourth-order valence-corrected chi connectivity index (χ4v) is 2.80. The third-order valence-corrected chi connectivity index (χ3v) is 4.38. The van der Waals surface area contributed by atoms with Crippen LogP contribution in [0.15, 0.2) is 47.0 Å². The Labute approximate surface area is 152 Å². The SMILES string of the molecule is COc1ccc(CCN(C)C(=O)Cc2noc3ccccc23)cc1OC. The maximum Gasteiger partial charge on any atom is 0.228 e. The zero-order valence-electron chi connectivity index (χ0n) is 15.2. The smallest absolute Gasteiger partial charge is 0.228 e. The minimum absolute atomic E-state index is 0.00419. The van der Waals surface area contributed by atoms with E-state index in [9.17, 15) is 4.79 Å². The lowest BCUT2D eigenvalue weighted by Crippen LogP contribution is -2.30. The van der Waals surface area contributed by atoms with E-state index in [0.29, 0.717) is 29.3 Å². The first-order valence-corrected chi connectivity index (χ1v) is 8.40. The molecule has 26 heavy (non-hydrogen) atoms. The minimum atomic E-state index is 0.00419. The number of ether oxygens (including phenoxy) is 2. The van der Waals surface area contributed by atoms with E-state index >= 15 is 0 Å². The molecule has 0 saturated carbocycles. The summed E-state index contributed by atoms with van der Waals surface area (Å²) >= 11 is 0. The van der Waals surface area contributed by atoms with Crippen LogP contribution in [0, 0.1) is 0 Å². The van der Waals surface area contributed by atoms with Gasteiger partial charge in [-0.25, -0.2) is 0 Å². The maximum absolute atomic E-state index is 12.5. The number of benzene rings is 2. The summed E-state index contributed by atoms with van der Waals surface area (Å²) in [6.45, 7) is 0.601. The molecule has 0 spiro atoms. The molecule has 3 aromatic rings. The number of aromatic nitrogens is 1. The fraction of sp³-hybridized carbons (Fsp3) is 0.300.